The molecule has 0 saturated heterocycles. The lowest BCUT2D eigenvalue weighted by Crippen LogP contribution is -2.20. The fourth-order valence-electron chi connectivity index (χ4n) is 1.59. The van der Waals surface area contributed by atoms with E-state index in [9.17, 15) is 20.0 Å². The number of amides is 2. The van der Waals surface area contributed by atoms with E-state index in [1.165, 1.54) is 30.3 Å². The molecule has 0 bridgehead atoms. The number of hydrogen-bond acceptors (Lipinski definition) is 4. The molecule has 0 spiro atoms. The second kappa shape index (κ2) is 5.70. The van der Waals surface area contributed by atoms with Gasteiger partial charge in [0.05, 0.1) is 10.6 Å². The Balaban J connectivity index is 2.13. The lowest BCUT2D eigenvalue weighted by molar-refractivity contribution is -0.383. The van der Waals surface area contributed by atoms with Gasteiger partial charge in [-0.15, -0.1) is 0 Å². The van der Waals surface area contributed by atoms with Crippen molar-refractivity contribution in [2.45, 2.75) is 0 Å². The van der Waals surface area contributed by atoms with Gasteiger partial charge in [-0.2, -0.15) is 0 Å². The van der Waals surface area contributed by atoms with Gasteiger partial charge in [-0.1, -0.05) is 24.3 Å². The summed E-state index contributed by atoms with van der Waals surface area (Å²) in [6, 6.07) is 11.3. The molecule has 0 saturated carbocycles. The zero-order chi connectivity index (χ0) is 14.5. The lowest BCUT2D eigenvalue weighted by atomic mass is 10.2. The minimum Gasteiger partial charge on any atom is -0.506 e. The number of aromatic hydroxyl groups is 1. The number of urea groups is 1. The fraction of sp³-hybridized carbons (Fsp3) is 0. The van der Waals surface area contributed by atoms with Crippen LogP contribution in [-0.4, -0.2) is 16.1 Å². The first-order valence-corrected chi connectivity index (χ1v) is 5.67. The minimum atomic E-state index is -0.680. The predicted molar refractivity (Wildman–Crippen MR) is 73.8 cm³/mol. The van der Waals surface area contributed by atoms with E-state index < -0.39 is 11.0 Å². The predicted octanol–water partition coefficient (Wildman–Crippen LogP) is 2.94. The van der Waals surface area contributed by atoms with E-state index in [0.29, 0.717) is 0 Å². The summed E-state index contributed by atoms with van der Waals surface area (Å²) >= 11 is 0. The van der Waals surface area contributed by atoms with Crippen molar-refractivity contribution in [3.8, 4) is 5.75 Å². The Hall–Kier alpha value is -3.09. The molecule has 2 rings (SSSR count). The third kappa shape index (κ3) is 3.02. The number of carbonyl (C=O) groups excluding carboxylic acids is 1. The molecule has 20 heavy (non-hydrogen) atoms. The van der Waals surface area contributed by atoms with Gasteiger partial charge in [-0.25, -0.2) is 4.79 Å². The van der Waals surface area contributed by atoms with Gasteiger partial charge in [0.2, 0.25) is 0 Å². The van der Waals surface area contributed by atoms with Gasteiger partial charge in [0.1, 0.15) is 11.4 Å². The highest BCUT2D eigenvalue weighted by Crippen LogP contribution is 2.25. The first-order valence-electron chi connectivity index (χ1n) is 5.67. The summed E-state index contributed by atoms with van der Waals surface area (Å²) in [5, 5.41) is 25.1. The monoisotopic (exact) mass is 273 g/mol. The van der Waals surface area contributed by atoms with E-state index >= 15 is 0 Å². The zero-order valence-corrected chi connectivity index (χ0v) is 10.2. The van der Waals surface area contributed by atoms with Crippen LogP contribution in [0.4, 0.5) is 21.9 Å². The number of nitrogens with one attached hydrogen (secondary N) is 2. The van der Waals surface area contributed by atoms with Gasteiger partial charge < -0.3 is 15.7 Å². The number of anilines is 2. The molecule has 7 nitrogen and oxygen atoms in total. The quantitative estimate of drug-likeness (QED) is 0.454. The maximum atomic E-state index is 11.8. The number of phenols is 1. The van der Waals surface area contributed by atoms with E-state index in [1.807, 2.05) is 0 Å². The highest BCUT2D eigenvalue weighted by Gasteiger charge is 2.15. The molecule has 2 aromatic rings. The highest BCUT2D eigenvalue weighted by molar-refractivity contribution is 6.01. The van der Waals surface area contributed by atoms with Crippen LogP contribution < -0.4 is 10.6 Å². The number of nitrogens with zero attached hydrogens (tertiary/aromatic N) is 1. The molecule has 0 atom stereocenters. The second-order valence-electron chi connectivity index (χ2n) is 3.87. The molecule has 0 unspecified atom stereocenters. The number of para-hydroxylation sites is 4. The Bertz CT molecular complexity index is 658. The van der Waals surface area contributed by atoms with Crippen LogP contribution in [0.15, 0.2) is 48.5 Å². The highest BCUT2D eigenvalue weighted by atomic mass is 16.6. The standard InChI is InChI=1S/C13H11N3O4/c17-12-8-4-2-6-10(12)15-13(18)14-9-5-1-3-7-11(9)16(19)20/h1-8,17H,(H2,14,15,18). The van der Waals surface area contributed by atoms with E-state index in [0.717, 1.165) is 0 Å². The number of nitro benzene ring substituents is 1. The molecule has 0 radical (unpaired) electrons. The smallest absolute Gasteiger partial charge is 0.323 e. The maximum absolute atomic E-state index is 11.8. The normalized spacial score (nSPS) is 9.80. The molecule has 2 amide bonds. The maximum Gasteiger partial charge on any atom is 0.323 e. The van der Waals surface area contributed by atoms with Crippen molar-refractivity contribution in [3.63, 3.8) is 0 Å². The molecule has 0 aliphatic carbocycles. The average Bonchev–Trinajstić information content (AvgIpc) is 2.41. The van der Waals surface area contributed by atoms with Crippen molar-refractivity contribution in [3.05, 3.63) is 58.6 Å². The first kappa shape index (κ1) is 13.3. The molecule has 2 aromatic carbocycles. The molecule has 0 fully saturated rings. The van der Waals surface area contributed by atoms with Crippen LogP contribution in [-0.2, 0) is 0 Å². The van der Waals surface area contributed by atoms with Crippen LogP contribution in [0.25, 0.3) is 0 Å². The number of hydrogen-bond donors (Lipinski definition) is 3. The third-order valence-electron chi connectivity index (χ3n) is 2.50. The van der Waals surface area contributed by atoms with Crippen molar-refractivity contribution in [1.29, 1.82) is 0 Å². The zero-order valence-electron chi connectivity index (χ0n) is 10.2. The van der Waals surface area contributed by atoms with Crippen molar-refractivity contribution >= 4 is 23.1 Å². The number of carbonyl (C=O) groups is 1. The Morgan fingerprint density at radius 3 is 2.20 bits per heavy atom. The van der Waals surface area contributed by atoms with Crippen molar-refractivity contribution < 1.29 is 14.8 Å². The molecular formula is C13H11N3O4. The van der Waals surface area contributed by atoms with Crippen LogP contribution in [0.5, 0.6) is 5.75 Å². The summed E-state index contributed by atoms with van der Waals surface area (Å²) in [5.41, 5.74) is 0.0777. The summed E-state index contributed by atoms with van der Waals surface area (Å²) in [6.07, 6.45) is 0. The summed E-state index contributed by atoms with van der Waals surface area (Å²) in [5.74, 6) is -0.0924. The van der Waals surface area contributed by atoms with Gasteiger partial charge in [0.15, 0.2) is 0 Å². The second-order valence-corrected chi connectivity index (χ2v) is 3.87. The van der Waals surface area contributed by atoms with Crippen LogP contribution in [0, 0.1) is 10.1 Å². The SMILES string of the molecule is O=C(Nc1ccccc1O)Nc1ccccc1[N+](=O)[O-]. The Morgan fingerprint density at radius 1 is 1.00 bits per heavy atom. The van der Waals surface area contributed by atoms with E-state index in [-0.39, 0.29) is 22.8 Å². The van der Waals surface area contributed by atoms with Crippen molar-refractivity contribution in [2.75, 3.05) is 10.6 Å². The first-order chi connectivity index (χ1) is 9.58. The summed E-state index contributed by atoms with van der Waals surface area (Å²) in [6.45, 7) is 0. The van der Waals surface area contributed by atoms with Gasteiger partial charge in [0, 0.05) is 6.07 Å². The number of phenolic OH excluding ortho intramolecular Hbond substituents is 1. The number of benzene rings is 2. The van der Waals surface area contributed by atoms with Gasteiger partial charge >= 0.3 is 6.03 Å². The molecule has 102 valence electrons. The van der Waals surface area contributed by atoms with E-state index in [1.54, 1.807) is 18.2 Å². The number of nitro groups is 1. The molecule has 0 aromatic heterocycles. The Morgan fingerprint density at radius 2 is 1.55 bits per heavy atom. The fourth-order valence-corrected chi connectivity index (χ4v) is 1.59. The topological polar surface area (TPSA) is 104 Å². The van der Waals surface area contributed by atoms with Gasteiger partial charge in [0.25, 0.3) is 5.69 Å². The average molecular weight is 273 g/mol. The largest absolute Gasteiger partial charge is 0.506 e. The van der Waals surface area contributed by atoms with Crippen molar-refractivity contribution in [1.82, 2.24) is 0 Å². The van der Waals surface area contributed by atoms with E-state index in [2.05, 4.69) is 10.6 Å². The lowest BCUT2D eigenvalue weighted by Gasteiger charge is -2.08. The Labute approximate surface area is 114 Å². The Kier molecular flexibility index (Phi) is 3.80. The molecule has 0 heterocycles. The van der Waals surface area contributed by atoms with Gasteiger partial charge in [-0.3, -0.25) is 10.1 Å². The summed E-state index contributed by atoms with van der Waals surface area (Å²) < 4.78 is 0. The number of rotatable bonds is 3. The van der Waals surface area contributed by atoms with Crippen molar-refractivity contribution in [2.24, 2.45) is 0 Å². The van der Waals surface area contributed by atoms with Crippen LogP contribution >= 0.6 is 0 Å². The molecule has 0 aliphatic rings. The molecule has 3 N–H and O–H groups in total. The summed E-state index contributed by atoms with van der Waals surface area (Å²) in [4.78, 5) is 22.0. The third-order valence-corrected chi connectivity index (χ3v) is 2.50. The van der Waals surface area contributed by atoms with E-state index in [4.69, 9.17) is 0 Å². The minimum absolute atomic E-state index is 0.0745. The summed E-state index contributed by atoms with van der Waals surface area (Å²) in [7, 11) is 0. The van der Waals surface area contributed by atoms with Gasteiger partial charge in [-0.05, 0) is 18.2 Å². The van der Waals surface area contributed by atoms with Crippen LogP contribution in [0.1, 0.15) is 0 Å². The molecule has 7 heteroatoms. The van der Waals surface area contributed by atoms with Crippen LogP contribution in [0.3, 0.4) is 0 Å². The van der Waals surface area contributed by atoms with Crippen LogP contribution in [0.2, 0.25) is 0 Å². The molecular weight excluding hydrogens is 262 g/mol. The molecule has 0 aliphatic heterocycles.